The van der Waals surface area contributed by atoms with Gasteiger partial charge in [0.15, 0.2) is 23.0 Å². The Morgan fingerprint density at radius 2 is 1.26 bits per heavy atom. The quantitative estimate of drug-likeness (QED) is 0.162. The van der Waals surface area contributed by atoms with Crippen LogP contribution in [-0.2, 0) is 0 Å². The number of hydrogen-bond donors (Lipinski definition) is 8. The topological polar surface area (TPSA) is 165 Å². The van der Waals surface area contributed by atoms with Crippen molar-refractivity contribution < 1.29 is 41.0 Å². The molecule has 0 bridgehead atoms. The molecule has 0 radical (unpaired) electrons. The van der Waals surface area contributed by atoms with Crippen LogP contribution in [0.5, 0.6) is 23.0 Å². The number of hydrogen-bond acceptors (Lipinski definition) is 9. The lowest BCUT2D eigenvalue weighted by atomic mass is 10.0. The molecule has 9 nitrogen and oxygen atoms in total. The number of aliphatic hydroxyl groups is 3. The first kappa shape index (κ1) is 14.6. The van der Waals surface area contributed by atoms with Crippen LogP contribution in [0.4, 0.5) is 5.69 Å². The van der Waals surface area contributed by atoms with Crippen LogP contribution in [0.1, 0.15) is 5.56 Å². The standard InChI is InChI=1S/C9H9NO8.BH3/c11-3-1-2(5(13)7(15)6(3)14)10(18)9(17)8(16)4(1)12;/h9,11-18H;1H3. The number of phenolic OH excluding ortho intramolecular Hbond substituents is 4. The molecule has 1 aliphatic heterocycles. The highest BCUT2D eigenvalue weighted by Crippen LogP contribution is 2.55. The molecule has 1 atom stereocenters. The fraction of sp³-hybridized carbons (Fsp3) is 0.111. The van der Waals surface area contributed by atoms with Crippen molar-refractivity contribution in [1.82, 2.24) is 0 Å². The molecular weight excluding hydrogens is 261 g/mol. The number of fused-ring (bicyclic) bond motifs is 1. The van der Waals surface area contributed by atoms with Gasteiger partial charge >= 0.3 is 0 Å². The molecule has 0 spiro atoms. The summed E-state index contributed by atoms with van der Waals surface area (Å²) < 4.78 is 0. The average Bonchev–Trinajstić information content (AvgIpc) is 2.35. The Morgan fingerprint density at radius 3 is 1.79 bits per heavy atom. The smallest absolute Gasteiger partial charge is 0.213 e. The number of phenols is 4. The Bertz CT molecular complexity index is 572. The summed E-state index contributed by atoms with van der Waals surface area (Å²) in [5.74, 6) is -6.67. The van der Waals surface area contributed by atoms with Crippen molar-refractivity contribution in [2.45, 2.75) is 6.23 Å². The Hall–Kier alpha value is -2.46. The zero-order valence-corrected chi connectivity index (χ0v) is 8.60. The van der Waals surface area contributed by atoms with Crippen LogP contribution < -0.4 is 5.06 Å². The van der Waals surface area contributed by atoms with Crippen LogP contribution in [0.2, 0.25) is 0 Å². The Kier molecular flexibility index (Phi) is 3.33. The maximum absolute atomic E-state index is 9.51. The molecule has 0 saturated carbocycles. The van der Waals surface area contributed by atoms with E-state index in [2.05, 4.69) is 0 Å². The first-order chi connectivity index (χ1) is 8.29. The van der Waals surface area contributed by atoms with Crippen molar-refractivity contribution in [2.24, 2.45) is 0 Å². The number of anilines is 1. The molecule has 0 aliphatic carbocycles. The van der Waals surface area contributed by atoms with Gasteiger partial charge in [0.1, 0.15) is 5.69 Å². The van der Waals surface area contributed by atoms with Gasteiger partial charge in [-0.05, 0) is 0 Å². The number of aliphatic hydroxyl groups excluding tert-OH is 3. The number of nitrogens with zero attached hydrogens (tertiary/aromatic N) is 1. The minimum atomic E-state index is -2.10. The maximum atomic E-state index is 9.51. The van der Waals surface area contributed by atoms with Gasteiger partial charge in [-0.15, -0.1) is 0 Å². The number of rotatable bonds is 0. The van der Waals surface area contributed by atoms with Gasteiger partial charge in [-0.25, -0.2) is 5.06 Å². The molecule has 0 aromatic heterocycles. The van der Waals surface area contributed by atoms with Crippen molar-refractivity contribution in [2.75, 3.05) is 5.06 Å². The Balaban J connectivity index is 0.00000180. The van der Waals surface area contributed by atoms with Gasteiger partial charge in [0, 0.05) is 0 Å². The van der Waals surface area contributed by atoms with Crippen LogP contribution in [0.25, 0.3) is 5.76 Å². The normalized spacial score (nSPS) is 18.0. The van der Waals surface area contributed by atoms with E-state index in [1.54, 1.807) is 0 Å². The lowest BCUT2D eigenvalue weighted by Gasteiger charge is -2.30. The molecule has 8 N–H and O–H groups in total. The van der Waals surface area contributed by atoms with E-state index < -0.39 is 52.0 Å². The van der Waals surface area contributed by atoms with Crippen molar-refractivity contribution >= 4 is 19.9 Å². The number of hydroxylamine groups is 1. The van der Waals surface area contributed by atoms with Crippen molar-refractivity contribution in [3.05, 3.63) is 11.3 Å². The summed E-state index contributed by atoms with van der Waals surface area (Å²) in [7, 11) is 0. The number of benzene rings is 1. The van der Waals surface area contributed by atoms with E-state index in [0.717, 1.165) is 0 Å². The molecule has 19 heavy (non-hydrogen) atoms. The van der Waals surface area contributed by atoms with Gasteiger partial charge in [0.25, 0.3) is 0 Å². The molecule has 1 aromatic rings. The molecule has 1 unspecified atom stereocenters. The second kappa shape index (κ2) is 4.33. The second-order valence-corrected chi connectivity index (χ2v) is 3.57. The van der Waals surface area contributed by atoms with Crippen LogP contribution in [-0.4, -0.2) is 55.6 Å². The minimum Gasteiger partial charge on any atom is -0.505 e. The molecule has 1 heterocycles. The molecule has 1 aliphatic rings. The van der Waals surface area contributed by atoms with Gasteiger partial charge in [0.2, 0.25) is 17.7 Å². The van der Waals surface area contributed by atoms with Gasteiger partial charge in [-0.3, -0.25) is 5.21 Å². The lowest BCUT2D eigenvalue weighted by Crippen LogP contribution is -2.37. The van der Waals surface area contributed by atoms with E-state index in [-0.39, 0.29) is 13.5 Å². The third-order valence-corrected chi connectivity index (χ3v) is 2.56. The molecular formula is C9H12BNO8. The van der Waals surface area contributed by atoms with Crippen LogP contribution >= 0.6 is 0 Å². The van der Waals surface area contributed by atoms with E-state index in [1.807, 2.05) is 0 Å². The van der Waals surface area contributed by atoms with E-state index in [0.29, 0.717) is 0 Å². The molecule has 104 valence electrons. The molecule has 0 amide bonds. The SMILES string of the molecule is B.OC1=C(O)C(O)N(O)c2c(O)c(O)c(O)c(O)c21. The third-order valence-electron chi connectivity index (χ3n) is 2.56. The van der Waals surface area contributed by atoms with Gasteiger partial charge in [0.05, 0.1) is 14.0 Å². The summed E-state index contributed by atoms with van der Waals surface area (Å²) in [5, 5.41) is 75.0. The first-order valence-corrected chi connectivity index (χ1v) is 4.57. The Labute approximate surface area is 107 Å². The largest absolute Gasteiger partial charge is 0.505 e. The van der Waals surface area contributed by atoms with Crippen molar-refractivity contribution in [1.29, 1.82) is 0 Å². The summed E-state index contributed by atoms with van der Waals surface area (Å²) in [4.78, 5) is 0. The van der Waals surface area contributed by atoms with Gasteiger partial charge in [-0.2, -0.15) is 0 Å². The zero-order chi connectivity index (χ0) is 13.8. The van der Waals surface area contributed by atoms with E-state index >= 15 is 0 Å². The highest BCUT2D eigenvalue weighted by Gasteiger charge is 2.39. The van der Waals surface area contributed by atoms with Gasteiger partial charge in [-0.1, -0.05) is 0 Å². The monoisotopic (exact) mass is 273 g/mol. The summed E-state index contributed by atoms with van der Waals surface area (Å²) in [6.07, 6.45) is -2.10. The lowest BCUT2D eigenvalue weighted by molar-refractivity contribution is 0.0551. The summed E-state index contributed by atoms with van der Waals surface area (Å²) in [6.45, 7) is 0. The van der Waals surface area contributed by atoms with Gasteiger partial charge < -0.3 is 35.7 Å². The van der Waals surface area contributed by atoms with E-state index in [9.17, 15) is 41.0 Å². The number of aromatic hydroxyl groups is 4. The summed E-state index contributed by atoms with van der Waals surface area (Å²) in [5.41, 5.74) is -1.52. The average molecular weight is 273 g/mol. The highest BCUT2D eigenvalue weighted by atomic mass is 16.5. The fourth-order valence-electron chi connectivity index (χ4n) is 1.62. The predicted molar refractivity (Wildman–Crippen MR) is 65.5 cm³/mol. The molecule has 0 saturated heterocycles. The molecule has 10 heteroatoms. The molecule has 0 fully saturated rings. The second-order valence-electron chi connectivity index (χ2n) is 3.57. The van der Waals surface area contributed by atoms with Crippen LogP contribution in [0.15, 0.2) is 5.76 Å². The van der Waals surface area contributed by atoms with Crippen LogP contribution in [0, 0.1) is 0 Å². The predicted octanol–water partition coefficient (Wildman–Crippen LogP) is -1.36. The van der Waals surface area contributed by atoms with Crippen molar-refractivity contribution in [3.8, 4) is 23.0 Å². The van der Waals surface area contributed by atoms with E-state index in [1.165, 1.54) is 0 Å². The molecule has 1 aromatic carbocycles. The summed E-state index contributed by atoms with van der Waals surface area (Å²) >= 11 is 0. The fourth-order valence-corrected chi connectivity index (χ4v) is 1.62. The Morgan fingerprint density at radius 1 is 0.789 bits per heavy atom. The van der Waals surface area contributed by atoms with Crippen molar-refractivity contribution in [3.63, 3.8) is 0 Å². The molecule has 2 rings (SSSR count). The summed E-state index contributed by atoms with van der Waals surface area (Å²) in [6, 6.07) is 0. The maximum Gasteiger partial charge on any atom is 0.213 e. The first-order valence-electron chi connectivity index (χ1n) is 4.57. The van der Waals surface area contributed by atoms with E-state index in [4.69, 9.17) is 0 Å². The van der Waals surface area contributed by atoms with Crippen LogP contribution in [0.3, 0.4) is 0 Å². The zero-order valence-electron chi connectivity index (χ0n) is 8.60. The highest BCUT2D eigenvalue weighted by molar-refractivity contribution is 5.89. The minimum absolute atomic E-state index is 0. The third kappa shape index (κ3) is 1.65.